The van der Waals surface area contributed by atoms with E-state index in [1.165, 1.54) is 0 Å². The highest BCUT2D eigenvalue weighted by Crippen LogP contribution is 2.18. The van der Waals surface area contributed by atoms with Gasteiger partial charge in [-0.15, -0.1) is 0 Å². The van der Waals surface area contributed by atoms with Crippen molar-refractivity contribution in [2.45, 2.75) is 13.5 Å². The summed E-state index contributed by atoms with van der Waals surface area (Å²) in [6.07, 6.45) is 0. The van der Waals surface area contributed by atoms with Crippen LogP contribution in [0.5, 0.6) is 11.5 Å². The number of benzene rings is 2. The van der Waals surface area contributed by atoms with Crippen LogP contribution in [0.15, 0.2) is 48.5 Å². The molecule has 2 aromatic carbocycles. The molecule has 2 aromatic rings. The third kappa shape index (κ3) is 3.99. The van der Waals surface area contributed by atoms with Crippen LogP contribution in [-0.2, 0) is 6.54 Å². The van der Waals surface area contributed by atoms with Crippen LogP contribution >= 0.6 is 0 Å². The highest BCUT2D eigenvalue weighted by atomic mass is 16.5. The number of carbonyl (C=O) groups is 1. The van der Waals surface area contributed by atoms with E-state index in [0.717, 1.165) is 11.3 Å². The van der Waals surface area contributed by atoms with Gasteiger partial charge in [-0.05, 0) is 36.8 Å². The van der Waals surface area contributed by atoms with E-state index >= 15 is 0 Å². The van der Waals surface area contributed by atoms with Crippen molar-refractivity contribution in [2.24, 2.45) is 0 Å². The fourth-order valence-corrected chi connectivity index (χ4v) is 1.96. The van der Waals surface area contributed by atoms with Gasteiger partial charge in [-0.3, -0.25) is 4.79 Å². The molecule has 0 spiro atoms. The largest absolute Gasteiger partial charge is 0.497 e. The number of ether oxygens (including phenoxy) is 2. The van der Waals surface area contributed by atoms with Gasteiger partial charge in [0.25, 0.3) is 5.91 Å². The van der Waals surface area contributed by atoms with Crippen LogP contribution in [0.3, 0.4) is 0 Å². The first-order valence-electron chi connectivity index (χ1n) is 6.87. The predicted octanol–water partition coefficient (Wildman–Crippen LogP) is 3.02. The Labute approximate surface area is 124 Å². The highest BCUT2D eigenvalue weighted by Gasteiger charge is 2.11. The molecule has 0 saturated heterocycles. The van der Waals surface area contributed by atoms with Gasteiger partial charge >= 0.3 is 0 Å². The Kier molecular flexibility index (Phi) is 5.21. The van der Waals surface area contributed by atoms with Crippen molar-refractivity contribution in [1.82, 2.24) is 5.32 Å². The van der Waals surface area contributed by atoms with Crippen molar-refractivity contribution in [3.05, 3.63) is 59.7 Å². The lowest BCUT2D eigenvalue weighted by Gasteiger charge is -2.10. The molecule has 0 aromatic heterocycles. The molecular formula is C17H19NO3. The molecule has 4 nitrogen and oxygen atoms in total. The van der Waals surface area contributed by atoms with Gasteiger partial charge in [-0.25, -0.2) is 0 Å². The highest BCUT2D eigenvalue weighted by molar-refractivity contribution is 5.96. The van der Waals surface area contributed by atoms with Crippen molar-refractivity contribution < 1.29 is 14.3 Å². The first-order chi connectivity index (χ1) is 10.2. The summed E-state index contributed by atoms with van der Waals surface area (Å²) in [6.45, 7) is 2.89. The number of nitrogens with one attached hydrogen (secondary N) is 1. The summed E-state index contributed by atoms with van der Waals surface area (Å²) in [7, 11) is 1.63. The molecular weight excluding hydrogens is 266 g/mol. The summed E-state index contributed by atoms with van der Waals surface area (Å²) in [6, 6.07) is 14.8. The number of rotatable bonds is 6. The van der Waals surface area contributed by atoms with Gasteiger partial charge < -0.3 is 14.8 Å². The standard InChI is InChI=1S/C17H19NO3/c1-3-21-16-7-5-4-6-15(16)17(19)18-12-13-8-10-14(20-2)11-9-13/h4-11H,3,12H2,1-2H3,(H,18,19). The van der Waals surface area contributed by atoms with Crippen molar-refractivity contribution in [3.63, 3.8) is 0 Å². The van der Waals surface area contributed by atoms with Crippen LogP contribution in [-0.4, -0.2) is 19.6 Å². The number of hydrogen-bond acceptors (Lipinski definition) is 3. The van der Waals surface area contributed by atoms with E-state index in [1.807, 2.05) is 43.3 Å². The van der Waals surface area contributed by atoms with Gasteiger partial charge in [0, 0.05) is 6.54 Å². The van der Waals surface area contributed by atoms with Crippen LogP contribution in [0.25, 0.3) is 0 Å². The molecule has 1 N–H and O–H groups in total. The van der Waals surface area contributed by atoms with Crippen molar-refractivity contribution in [3.8, 4) is 11.5 Å². The molecule has 0 heterocycles. The van der Waals surface area contributed by atoms with E-state index in [0.29, 0.717) is 24.5 Å². The maximum atomic E-state index is 12.2. The van der Waals surface area contributed by atoms with Gasteiger partial charge in [0.2, 0.25) is 0 Å². The first kappa shape index (κ1) is 14.9. The molecule has 110 valence electrons. The molecule has 4 heteroatoms. The van der Waals surface area contributed by atoms with E-state index in [2.05, 4.69) is 5.32 Å². The van der Waals surface area contributed by atoms with Crippen LogP contribution < -0.4 is 14.8 Å². The molecule has 0 unspecified atom stereocenters. The maximum absolute atomic E-state index is 12.2. The maximum Gasteiger partial charge on any atom is 0.255 e. The van der Waals surface area contributed by atoms with Gasteiger partial charge in [0.1, 0.15) is 11.5 Å². The average Bonchev–Trinajstić information content (AvgIpc) is 2.54. The number of para-hydroxylation sites is 1. The summed E-state index contributed by atoms with van der Waals surface area (Å²) in [5.41, 5.74) is 1.56. The monoisotopic (exact) mass is 285 g/mol. The van der Waals surface area contributed by atoms with Crippen molar-refractivity contribution in [1.29, 1.82) is 0 Å². The predicted molar refractivity (Wildman–Crippen MR) is 81.8 cm³/mol. The Morgan fingerprint density at radius 3 is 2.48 bits per heavy atom. The summed E-state index contributed by atoms with van der Waals surface area (Å²) in [5.74, 6) is 1.26. The lowest BCUT2D eigenvalue weighted by Crippen LogP contribution is -2.23. The summed E-state index contributed by atoms with van der Waals surface area (Å²) in [4.78, 5) is 12.2. The summed E-state index contributed by atoms with van der Waals surface area (Å²) in [5, 5.41) is 2.89. The number of hydrogen-bond donors (Lipinski definition) is 1. The molecule has 0 saturated carbocycles. The van der Waals surface area contributed by atoms with Crippen LogP contribution in [0.1, 0.15) is 22.8 Å². The van der Waals surface area contributed by atoms with Gasteiger partial charge in [-0.1, -0.05) is 24.3 Å². The van der Waals surface area contributed by atoms with Gasteiger partial charge in [0.05, 0.1) is 19.3 Å². The fourth-order valence-electron chi connectivity index (χ4n) is 1.96. The summed E-state index contributed by atoms with van der Waals surface area (Å²) < 4.78 is 10.6. The second-order valence-electron chi connectivity index (χ2n) is 4.46. The number of carbonyl (C=O) groups excluding carboxylic acids is 1. The van der Waals surface area contributed by atoms with Gasteiger partial charge in [-0.2, -0.15) is 0 Å². The molecule has 2 rings (SSSR count). The molecule has 0 atom stereocenters. The lowest BCUT2D eigenvalue weighted by molar-refractivity contribution is 0.0947. The third-order valence-electron chi connectivity index (χ3n) is 3.04. The lowest BCUT2D eigenvalue weighted by atomic mass is 10.1. The first-order valence-corrected chi connectivity index (χ1v) is 6.87. The van der Waals surface area contributed by atoms with E-state index in [-0.39, 0.29) is 5.91 Å². The zero-order chi connectivity index (χ0) is 15.1. The minimum absolute atomic E-state index is 0.144. The van der Waals surface area contributed by atoms with Crippen LogP contribution in [0.4, 0.5) is 0 Å². The Bertz CT molecular complexity index is 593. The van der Waals surface area contributed by atoms with Crippen molar-refractivity contribution in [2.75, 3.05) is 13.7 Å². The molecule has 0 radical (unpaired) electrons. The summed E-state index contributed by atoms with van der Waals surface area (Å²) >= 11 is 0. The molecule has 0 bridgehead atoms. The minimum atomic E-state index is -0.144. The molecule has 0 aliphatic carbocycles. The molecule has 0 aliphatic heterocycles. The number of methoxy groups -OCH3 is 1. The van der Waals surface area contributed by atoms with E-state index in [4.69, 9.17) is 9.47 Å². The second-order valence-corrected chi connectivity index (χ2v) is 4.46. The molecule has 0 aliphatic rings. The van der Waals surface area contributed by atoms with Crippen molar-refractivity contribution >= 4 is 5.91 Å². The Hall–Kier alpha value is -2.49. The zero-order valence-electron chi connectivity index (χ0n) is 12.3. The van der Waals surface area contributed by atoms with E-state index < -0.39 is 0 Å². The van der Waals surface area contributed by atoms with Gasteiger partial charge in [0.15, 0.2) is 0 Å². The molecule has 1 amide bonds. The van der Waals surface area contributed by atoms with Crippen LogP contribution in [0.2, 0.25) is 0 Å². The zero-order valence-corrected chi connectivity index (χ0v) is 12.3. The Balaban J connectivity index is 2.01. The van der Waals surface area contributed by atoms with E-state index in [9.17, 15) is 4.79 Å². The number of amides is 1. The van der Waals surface area contributed by atoms with E-state index in [1.54, 1.807) is 19.2 Å². The minimum Gasteiger partial charge on any atom is -0.497 e. The quantitative estimate of drug-likeness (QED) is 0.887. The Morgan fingerprint density at radius 1 is 1.10 bits per heavy atom. The SMILES string of the molecule is CCOc1ccccc1C(=O)NCc1ccc(OC)cc1. The topological polar surface area (TPSA) is 47.6 Å². The fraction of sp³-hybridized carbons (Fsp3) is 0.235. The van der Waals surface area contributed by atoms with Crippen LogP contribution in [0, 0.1) is 0 Å². The molecule has 21 heavy (non-hydrogen) atoms. The second kappa shape index (κ2) is 7.33. The Morgan fingerprint density at radius 2 is 1.81 bits per heavy atom. The smallest absolute Gasteiger partial charge is 0.255 e. The molecule has 0 fully saturated rings. The third-order valence-corrected chi connectivity index (χ3v) is 3.04. The normalized spacial score (nSPS) is 10.0. The average molecular weight is 285 g/mol.